The van der Waals surface area contributed by atoms with Crippen LogP contribution in [0.3, 0.4) is 0 Å². The third kappa shape index (κ3) is 1.95. The van der Waals surface area contributed by atoms with Gasteiger partial charge in [-0.2, -0.15) is 0 Å². The van der Waals surface area contributed by atoms with E-state index >= 15 is 0 Å². The first-order valence-electron chi connectivity index (χ1n) is 7.53. The molecule has 2 aromatic carbocycles. The highest BCUT2D eigenvalue weighted by atomic mass is 32.1. The molecule has 23 heavy (non-hydrogen) atoms. The second kappa shape index (κ2) is 4.64. The van der Waals surface area contributed by atoms with Crippen LogP contribution in [-0.4, -0.2) is 15.0 Å². The van der Waals surface area contributed by atoms with Crippen molar-refractivity contribution in [2.75, 3.05) is 0 Å². The zero-order valence-corrected chi connectivity index (χ0v) is 13.3. The van der Waals surface area contributed by atoms with E-state index in [2.05, 4.69) is 48.3 Å². The van der Waals surface area contributed by atoms with Crippen molar-refractivity contribution in [2.24, 2.45) is 0 Å². The summed E-state index contributed by atoms with van der Waals surface area (Å²) in [6.45, 7) is 2.11. The maximum Gasteiger partial charge on any atom is 0.148 e. The molecule has 3 heterocycles. The highest BCUT2D eigenvalue weighted by Gasteiger charge is 2.11. The van der Waals surface area contributed by atoms with E-state index in [1.54, 1.807) is 11.3 Å². The van der Waals surface area contributed by atoms with Crippen molar-refractivity contribution in [2.45, 2.75) is 6.92 Å². The van der Waals surface area contributed by atoms with E-state index in [0.29, 0.717) is 0 Å². The number of hydrogen-bond acceptors (Lipinski definition) is 3. The first-order valence-corrected chi connectivity index (χ1v) is 8.35. The predicted molar refractivity (Wildman–Crippen MR) is 97.0 cm³/mol. The lowest BCUT2D eigenvalue weighted by molar-refractivity contribution is 1.36. The van der Waals surface area contributed by atoms with Gasteiger partial charge in [-0.3, -0.25) is 0 Å². The summed E-state index contributed by atoms with van der Waals surface area (Å²) in [4.78, 5) is 15.1. The van der Waals surface area contributed by atoms with E-state index in [4.69, 9.17) is 9.97 Å². The largest absolute Gasteiger partial charge is 0.337 e. The fraction of sp³-hybridized carbons (Fsp3) is 0.0526. The van der Waals surface area contributed by atoms with E-state index in [9.17, 15) is 0 Å². The Morgan fingerprint density at radius 2 is 1.83 bits per heavy atom. The van der Waals surface area contributed by atoms with Crippen molar-refractivity contribution in [3.63, 3.8) is 0 Å². The fourth-order valence-corrected chi connectivity index (χ4v) is 3.95. The van der Waals surface area contributed by atoms with Gasteiger partial charge in [0.2, 0.25) is 0 Å². The summed E-state index contributed by atoms with van der Waals surface area (Å²) in [6.07, 6.45) is 0. The number of rotatable bonds is 1. The van der Waals surface area contributed by atoms with Gasteiger partial charge in [0.05, 0.1) is 21.4 Å². The van der Waals surface area contributed by atoms with Crippen molar-refractivity contribution in [1.82, 2.24) is 15.0 Å². The molecule has 1 N–H and O–H groups in total. The number of thiophene rings is 1. The summed E-state index contributed by atoms with van der Waals surface area (Å²) < 4.78 is 0. The Morgan fingerprint density at radius 3 is 2.74 bits per heavy atom. The molecule has 0 atom stereocenters. The predicted octanol–water partition coefficient (Wildman–Crippen LogP) is 5.30. The lowest BCUT2D eigenvalue weighted by Crippen LogP contribution is -1.82. The van der Waals surface area contributed by atoms with Crippen LogP contribution in [0.25, 0.3) is 42.9 Å². The molecule has 0 aliphatic carbocycles. The number of para-hydroxylation sites is 3. The van der Waals surface area contributed by atoms with Gasteiger partial charge in [-0.15, -0.1) is 11.3 Å². The number of nitrogens with zero attached hydrogens (tertiary/aromatic N) is 2. The molecular formula is C19H13N3S. The summed E-state index contributed by atoms with van der Waals surface area (Å²) in [5.74, 6) is 0.912. The molecule has 110 valence electrons. The summed E-state index contributed by atoms with van der Waals surface area (Å²) in [6, 6.07) is 18.8. The minimum absolute atomic E-state index is 0.912. The van der Waals surface area contributed by atoms with Crippen LogP contribution in [0, 0.1) is 6.92 Å². The number of aromatic nitrogens is 3. The van der Waals surface area contributed by atoms with E-state index < -0.39 is 0 Å². The van der Waals surface area contributed by atoms with Gasteiger partial charge in [-0.1, -0.05) is 30.3 Å². The Hall–Kier alpha value is -2.72. The van der Waals surface area contributed by atoms with Crippen molar-refractivity contribution in [1.29, 1.82) is 0 Å². The molecule has 0 bridgehead atoms. The molecule has 5 rings (SSSR count). The van der Waals surface area contributed by atoms with Crippen LogP contribution in [0.1, 0.15) is 5.56 Å². The highest BCUT2D eigenvalue weighted by Crippen LogP contribution is 2.34. The third-order valence-corrected chi connectivity index (χ3v) is 5.21. The van der Waals surface area contributed by atoms with Crippen LogP contribution in [0.4, 0.5) is 0 Å². The Morgan fingerprint density at radius 1 is 0.913 bits per heavy atom. The topological polar surface area (TPSA) is 41.6 Å². The molecule has 4 heteroatoms. The Kier molecular flexibility index (Phi) is 2.58. The Bertz CT molecular complexity index is 1150. The van der Waals surface area contributed by atoms with Crippen LogP contribution >= 0.6 is 11.3 Å². The lowest BCUT2D eigenvalue weighted by Gasteiger charge is -2.00. The SMILES string of the molecule is Cc1cccc2cc3cc(-c4nc5ccccc5[nH]4)sc3nc12. The number of hydrogen-bond donors (Lipinski definition) is 1. The first kappa shape index (κ1) is 12.8. The van der Waals surface area contributed by atoms with E-state index in [1.807, 2.05) is 18.2 Å². The molecular weight excluding hydrogens is 302 g/mol. The van der Waals surface area contributed by atoms with Gasteiger partial charge in [0.25, 0.3) is 0 Å². The van der Waals surface area contributed by atoms with Crippen LogP contribution < -0.4 is 0 Å². The Balaban J connectivity index is 1.75. The molecule has 0 amide bonds. The van der Waals surface area contributed by atoms with Gasteiger partial charge in [-0.05, 0) is 36.8 Å². The van der Waals surface area contributed by atoms with Crippen LogP contribution in [0.15, 0.2) is 54.6 Å². The van der Waals surface area contributed by atoms with E-state index in [0.717, 1.165) is 32.1 Å². The number of nitrogens with one attached hydrogen (secondary N) is 1. The van der Waals surface area contributed by atoms with Gasteiger partial charge < -0.3 is 4.98 Å². The summed E-state index contributed by atoms with van der Waals surface area (Å²) in [5.41, 5.74) is 4.35. The average Bonchev–Trinajstić information content (AvgIpc) is 3.16. The molecule has 0 saturated heterocycles. The average molecular weight is 315 g/mol. The van der Waals surface area contributed by atoms with Gasteiger partial charge in [0, 0.05) is 10.8 Å². The van der Waals surface area contributed by atoms with Crippen LogP contribution in [0.5, 0.6) is 0 Å². The van der Waals surface area contributed by atoms with E-state index in [-0.39, 0.29) is 0 Å². The van der Waals surface area contributed by atoms with Crippen molar-refractivity contribution < 1.29 is 0 Å². The molecule has 0 unspecified atom stereocenters. The number of benzene rings is 2. The molecule has 0 saturated carbocycles. The first-order chi connectivity index (χ1) is 11.3. The summed E-state index contributed by atoms with van der Waals surface area (Å²) in [5, 5.41) is 2.36. The second-order valence-electron chi connectivity index (χ2n) is 5.74. The molecule has 0 fully saturated rings. The van der Waals surface area contributed by atoms with Gasteiger partial charge in [-0.25, -0.2) is 9.97 Å². The van der Waals surface area contributed by atoms with Crippen molar-refractivity contribution in [3.8, 4) is 10.7 Å². The zero-order valence-electron chi connectivity index (χ0n) is 12.5. The van der Waals surface area contributed by atoms with Crippen molar-refractivity contribution >= 4 is 43.5 Å². The minimum Gasteiger partial charge on any atom is -0.337 e. The molecule has 0 spiro atoms. The maximum absolute atomic E-state index is 4.85. The monoisotopic (exact) mass is 315 g/mol. The van der Waals surface area contributed by atoms with Crippen molar-refractivity contribution in [3.05, 3.63) is 60.2 Å². The van der Waals surface area contributed by atoms with Crippen LogP contribution in [0.2, 0.25) is 0 Å². The number of H-pyrrole nitrogens is 1. The maximum atomic E-state index is 4.85. The molecule has 3 aromatic heterocycles. The molecule has 0 aliphatic heterocycles. The standard InChI is InChI=1S/C19H13N3S/c1-11-5-4-6-12-9-13-10-16(23-19(13)22-17(11)12)18-20-14-7-2-3-8-15(14)21-18/h2-10H,1H3,(H,20,21). The minimum atomic E-state index is 0.912. The normalized spacial score (nSPS) is 11.7. The molecule has 5 aromatic rings. The number of fused-ring (bicyclic) bond motifs is 3. The molecule has 3 nitrogen and oxygen atoms in total. The molecule has 0 radical (unpaired) electrons. The number of aromatic amines is 1. The molecule has 0 aliphatic rings. The summed E-state index contributed by atoms with van der Waals surface area (Å²) >= 11 is 1.68. The zero-order chi connectivity index (χ0) is 15.4. The van der Waals surface area contributed by atoms with Gasteiger partial charge in [0.1, 0.15) is 10.7 Å². The quantitative estimate of drug-likeness (QED) is 0.456. The number of aryl methyl sites for hydroxylation is 1. The smallest absolute Gasteiger partial charge is 0.148 e. The highest BCUT2D eigenvalue weighted by molar-refractivity contribution is 7.21. The third-order valence-electron chi connectivity index (χ3n) is 4.16. The van der Waals surface area contributed by atoms with Gasteiger partial charge in [0.15, 0.2) is 0 Å². The Labute approximate surface area is 136 Å². The van der Waals surface area contributed by atoms with E-state index in [1.165, 1.54) is 16.3 Å². The lowest BCUT2D eigenvalue weighted by atomic mass is 10.1. The fourth-order valence-electron chi connectivity index (χ4n) is 2.99. The van der Waals surface area contributed by atoms with Crippen LogP contribution in [-0.2, 0) is 0 Å². The second-order valence-corrected chi connectivity index (χ2v) is 6.77. The number of imidazole rings is 1. The number of pyridine rings is 1. The van der Waals surface area contributed by atoms with Gasteiger partial charge >= 0.3 is 0 Å². The summed E-state index contributed by atoms with van der Waals surface area (Å²) in [7, 11) is 0.